The fourth-order valence-corrected chi connectivity index (χ4v) is 3.23. The van der Waals surface area contributed by atoms with E-state index in [0.717, 1.165) is 0 Å². The van der Waals surface area contributed by atoms with Crippen molar-refractivity contribution in [3.63, 3.8) is 0 Å². The third-order valence-electron chi connectivity index (χ3n) is 3.40. The Bertz CT molecular complexity index is 567. The van der Waals surface area contributed by atoms with Gasteiger partial charge >= 0.3 is 0 Å². The van der Waals surface area contributed by atoms with Crippen LogP contribution in [0.25, 0.3) is 0 Å². The second-order valence-electron chi connectivity index (χ2n) is 5.87. The lowest BCUT2D eigenvalue weighted by Crippen LogP contribution is -2.34. The first kappa shape index (κ1) is 17.4. The van der Waals surface area contributed by atoms with Gasteiger partial charge in [-0.1, -0.05) is 27.7 Å². The number of rotatable bonds is 5. The number of nitrogens with one attached hydrogen (secondary N) is 2. The van der Waals surface area contributed by atoms with Crippen molar-refractivity contribution in [1.82, 2.24) is 9.71 Å². The van der Waals surface area contributed by atoms with Gasteiger partial charge in [-0.05, 0) is 33.3 Å². The highest BCUT2D eigenvalue weighted by molar-refractivity contribution is 9.10. The Balaban J connectivity index is 2.98. The SMILES string of the molecule is CNc1ncc(Br)cc1S(=O)(=O)NCC(C)C(C)(C)C. The maximum atomic E-state index is 12.4. The first-order valence-corrected chi connectivity index (χ1v) is 8.68. The van der Waals surface area contributed by atoms with E-state index in [1.54, 1.807) is 19.3 Å². The lowest BCUT2D eigenvalue weighted by atomic mass is 9.82. The Morgan fingerprint density at radius 2 is 2.00 bits per heavy atom. The number of nitrogens with zero attached hydrogens (tertiary/aromatic N) is 1. The van der Waals surface area contributed by atoms with Crippen LogP contribution in [0.3, 0.4) is 0 Å². The molecule has 20 heavy (non-hydrogen) atoms. The molecule has 0 aliphatic heterocycles. The molecule has 0 aliphatic carbocycles. The van der Waals surface area contributed by atoms with Crippen molar-refractivity contribution in [1.29, 1.82) is 0 Å². The first-order chi connectivity index (χ1) is 9.08. The van der Waals surface area contributed by atoms with Gasteiger partial charge in [0.15, 0.2) is 0 Å². The number of hydrogen-bond donors (Lipinski definition) is 2. The van der Waals surface area contributed by atoms with Crippen LogP contribution in [0.4, 0.5) is 5.82 Å². The van der Waals surface area contributed by atoms with Gasteiger partial charge in [0.1, 0.15) is 10.7 Å². The Hall–Kier alpha value is -0.660. The third kappa shape index (κ3) is 4.43. The number of pyridine rings is 1. The topological polar surface area (TPSA) is 71.1 Å². The summed E-state index contributed by atoms with van der Waals surface area (Å²) in [5.41, 5.74) is 0.0455. The maximum Gasteiger partial charge on any atom is 0.244 e. The quantitative estimate of drug-likeness (QED) is 0.843. The molecule has 5 nitrogen and oxygen atoms in total. The minimum atomic E-state index is -3.59. The van der Waals surface area contributed by atoms with Gasteiger partial charge in [-0.2, -0.15) is 0 Å². The van der Waals surface area contributed by atoms with Gasteiger partial charge in [0.05, 0.1) is 0 Å². The second-order valence-corrected chi connectivity index (χ2v) is 8.52. The summed E-state index contributed by atoms with van der Waals surface area (Å²) in [7, 11) is -1.94. The lowest BCUT2D eigenvalue weighted by molar-refractivity contribution is 0.263. The lowest BCUT2D eigenvalue weighted by Gasteiger charge is -2.27. The van der Waals surface area contributed by atoms with Gasteiger partial charge in [0, 0.05) is 24.3 Å². The zero-order valence-electron chi connectivity index (χ0n) is 12.5. The second kappa shape index (κ2) is 6.41. The van der Waals surface area contributed by atoms with E-state index in [-0.39, 0.29) is 16.2 Å². The summed E-state index contributed by atoms with van der Waals surface area (Å²) >= 11 is 3.25. The van der Waals surface area contributed by atoms with Crippen LogP contribution < -0.4 is 10.0 Å². The summed E-state index contributed by atoms with van der Waals surface area (Å²) in [5, 5.41) is 2.80. The first-order valence-electron chi connectivity index (χ1n) is 6.41. The molecular weight excluding hydrogens is 342 g/mol. The molecule has 0 aromatic carbocycles. The average Bonchev–Trinajstić information content (AvgIpc) is 2.34. The van der Waals surface area contributed by atoms with Crippen LogP contribution in [0.1, 0.15) is 27.7 Å². The van der Waals surface area contributed by atoms with Crippen molar-refractivity contribution in [2.45, 2.75) is 32.6 Å². The summed E-state index contributed by atoms with van der Waals surface area (Å²) in [6.45, 7) is 8.69. The van der Waals surface area contributed by atoms with E-state index in [4.69, 9.17) is 0 Å². The summed E-state index contributed by atoms with van der Waals surface area (Å²) in [4.78, 5) is 4.21. The molecular formula is C13H22BrN3O2S. The summed E-state index contributed by atoms with van der Waals surface area (Å²) in [5.74, 6) is 0.555. The van der Waals surface area contributed by atoms with Crippen LogP contribution >= 0.6 is 15.9 Å². The highest BCUT2D eigenvalue weighted by Gasteiger charge is 2.24. The van der Waals surface area contributed by atoms with Crippen LogP contribution in [0.5, 0.6) is 0 Å². The highest BCUT2D eigenvalue weighted by Crippen LogP contribution is 2.26. The molecule has 1 aromatic heterocycles. The van der Waals surface area contributed by atoms with Crippen LogP contribution in [0.2, 0.25) is 0 Å². The molecule has 0 radical (unpaired) electrons. The van der Waals surface area contributed by atoms with Crippen molar-refractivity contribution in [3.8, 4) is 0 Å². The predicted molar refractivity (Wildman–Crippen MR) is 85.3 cm³/mol. The summed E-state index contributed by atoms with van der Waals surface area (Å²) in [6, 6.07) is 1.54. The van der Waals surface area contributed by atoms with Crippen molar-refractivity contribution in [3.05, 3.63) is 16.7 Å². The minimum Gasteiger partial charge on any atom is -0.372 e. The van der Waals surface area contributed by atoms with E-state index >= 15 is 0 Å². The average molecular weight is 364 g/mol. The van der Waals surface area contributed by atoms with Crippen molar-refractivity contribution >= 4 is 31.8 Å². The number of sulfonamides is 1. The molecule has 0 fully saturated rings. The van der Waals surface area contributed by atoms with Gasteiger partial charge in [-0.3, -0.25) is 0 Å². The standard InChI is InChI=1S/C13H22BrN3O2S/c1-9(13(2,3)4)7-17-20(18,19)11-6-10(14)8-16-12(11)15-5/h6,8-9,17H,7H2,1-5H3,(H,15,16). The van der Waals surface area contributed by atoms with Gasteiger partial charge in [-0.15, -0.1) is 0 Å². The Kier molecular flexibility index (Phi) is 5.57. The molecule has 1 aromatic rings. The number of halogens is 1. The molecule has 114 valence electrons. The zero-order chi connectivity index (χ0) is 15.6. The molecule has 1 heterocycles. The molecule has 7 heteroatoms. The van der Waals surface area contributed by atoms with Crippen LogP contribution in [0.15, 0.2) is 21.6 Å². The van der Waals surface area contributed by atoms with Crippen molar-refractivity contribution < 1.29 is 8.42 Å². The van der Waals surface area contributed by atoms with Gasteiger partial charge in [0.25, 0.3) is 0 Å². The molecule has 2 N–H and O–H groups in total. The molecule has 0 amide bonds. The molecule has 0 aliphatic rings. The molecule has 1 atom stereocenters. The summed E-state index contributed by atoms with van der Waals surface area (Å²) in [6.07, 6.45) is 1.56. The Morgan fingerprint density at radius 3 is 2.50 bits per heavy atom. The third-order valence-corrected chi connectivity index (χ3v) is 5.27. The van der Waals surface area contributed by atoms with Gasteiger partial charge in [-0.25, -0.2) is 18.1 Å². The number of hydrogen-bond acceptors (Lipinski definition) is 4. The Morgan fingerprint density at radius 1 is 1.40 bits per heavy atom. The van der Waals surface area contributed by atoms with Crippen LogP contribution in [0, 0.1) is 11.3 Å². The molecule has 1 rings (SSSR count). The largest absolute Gasteiger partial charge is 0.372 e. The van der Waals surface area contributed by atoms with E-state index in [2.05, 4.69) is 51.7 Å². The molecule has 0 spiro atoms. The molecule has 1 unspecified atom stereocenters. The zero-order valence-corrected chi connectivity index (χ0v) is 14.9. The summed E-state index contributed by atoms with van der Waals surface area (Å²) < 4.78 is 28.0. The van der Waals surface area contributed by atoms with Crippen LogP contribution in [-0.2, 0) is 10.0 Å². The van der Waals surface area contributed by atoms with E-state index in [0.29, 0.717) is 16.8 Å². The smallest absolute Gasteiger partial charge is 0.244 e. The van der Waals surface area contributed by atoms with Crippen molar-refractivity contribution in [2.75, 3.05) is 18.9 Å². The molecule has 0 saturated carbocycles. The fourth-order valence-electron chi connectivity index (χ4n) is 1.43. The van der Waals surface area contributed by atoms with Gasteiger partial charge < -0.3 is 5.32 Å². The predicted octanol–water partition coefficient (Wildman–Crippen LogP) is 2.85. The van der Waals surface area contributed by atoms with E-state index in [1.165, 1.54) is 0 Å². The van der Waals surface area contributed by atoms with Crippen LogP contribution in [-0.4, -0.2) is 27.0 Å². The van der Waals surface area contributed by atoms with E-state index < -0.39 is 10.0 Å². The van der Waals surface area contributed by atoms with Crippen molar-refractivity contribution in [2.24, 2.45) is 11.3 Å². The minimum absolute atomic E-state index is 0.0455. The van der Waals surface area contributed by atoms with Gasteiger partial charge in [0.2, 0.25) is 10.0 Å². The molecule has 0 bridgehead atoms. The Labute approximate surface area is 129 Å². The maximum absolute atomic E-state index is 12.4. The normalized spacial score (nSPS) is 14.1. The van der Waals surface area contributed by atoms with E-state index in [9.17, 15) is 8.42 Å². The fraction of sp³-hybridized carbons (Fsp3) is 0.615. The number of aromatic nitrogens is 1. The molecule has 0 saturated heterocycles. The highest BCUT2D eigenvalue weighted by atomic mass is 79.9. The monoisotopic (exact) mass is 363 g/mol. The van der Waals surface area contributed by atoms with E-state index in [1.807, 2.05) is 6.92 Å². The number of anilines is 1.